The molecule has 2 heterocycles. The van der Waals surface area contributed by atoms with Crippen LogP contribution in [0, 0.1) is 11.6 Å². The van der Waals surface area contributed by atoms with E-state index < -0.39 is 11.6 Å². The summed E-state index contributed by atoms with van der Waals surface area (Å²) in [4.78, 5) is 20.7. The molecule has 0 N–H and O–H groups in total. The van der Waals surface area contributed by atoms with Crippen molar-refractivity contribution in [3.05, 3.63) is 58.1 Å². The molecule has 1 aliphatic rings. The van der Waals surface area contributed by atoms with Gasteiger partial charge < -0.3 is 9.80 Å². The smallest absolute Gasteiger partial charge is 0.254 e. The van der Waals surface area contributed by atoms with Crippen molar-refractivity contribution in [3.8, 4) is 0 Å². The fourth-order valence-electron chi connectivity index (χ4n) is 2.99. The Kier molecular flexibility index (Phi) is 4.62. The van der Waals surface area contributed by atoms with E-state index in [4.69, 9.17) is 0 Å². The number of aromatic nitrogens is 1. The Hall–Kier alpha value is -2.06. The zero-order valence-corrected chi connectivity index (χ0v) is 16.0. The second kappa shape index (κ2) is 6.92. The number of nitrogens with zero attached hydrogens (tertiary/aromatic N) is 3. The van der Waals surface area contributed by atoms with E-state index in [1.807, 2.05) is 17.0 Å². The van der Waals surface area contributed by atoms with Gasteiger partial charge in [-0.05, 0) is 24.3 Å². The normalized spacial score (nSPS) is 14.9. The number of amides is 1. The average Bonchev–Trinajstić information content (AvgIpc) is 3.05. The average molecular weight is 438 g/mol. The maximum absolute atomic E-state index is 13.8. The number of fused-ring (bicyclic) bond motifs is 1. The number of benzene rings is 2. The first-order valence-corrected chi connectivity index (χ1v) is 9.67. The molecule has 8 heteroatoms. The van der Waals surface area contributed by atoms with Gasteiger partial charge in [0.25, 0.3) is 5.91 Å². The van der Waals surface area contributed by atoms with E-state index in [0.29, 0.717) is 41.6 Å². The molecule has 1 fully saturated rings. The number of hydrogen-bond acceptors (Lipinski definition) is 4. The minimum atomic E-state index is -0.647. The number of halogens is 3. The number of anilines is 1. The van der Waals surface area contributed by atoms with Crippen molar-refractivity contribution in [1.29, 1.82) is 0 Å². The van der Waals surface area contributed by atoms with Crippen LogP contribution in [-0.2, 0) is 0 Å². The summed E-state index contributed by atoms with van der Waals surface area (Å²) in [5.74, 6) is -1.26. The van der Waals surface area contributed by atoms with Crippen molar-refractivity contribution >= 4 is 48.5 Å². The molecule has 4 nitrogen and oxygen atoms in total. The summed E-state index contributed by atoms with van der Waals surface area (Å²) in [6.07, 6.45) is 0. The molecule has 26 heavy (non-hydrogen) atoms. The highest BCUT2D eigenvalue weighted by Gasteiger charge is 2.24. The predicted octanol–water partition coefficient (Wildman–Crippen LogP) is 4.30. The predicted molar refractivity (Wildman–Crippen MR) is 102 cm³/mol. The summed E-state index contributed by atoms with van der Waals surface area (Å²) in [6, 6.07) is 9.46. The zero-order valence-electron chi connectivity index (χ0n) is 13.6. The van der Waals surface area contributed by atoms with Crippen molar-refractivity contribution in [3.63, 3.8) is 0 Å². The third-order valence-electron chi connectivity index (χ3n) is 4.31. The summed E-state index contributed by atoms with van der Waals surface area (Å²) in [5, 5.41) is 0.652. The molecule has 1 aliphatic heterocycles. The molecule has 0 bridgehead atoms. The van der Waals surface area contributed by atoms with Crippen LogP contribution in [0.1, 0.15) is 10.4 Å². The Balaban J connectivity index is 1.48. The summed E-state index contributed by atoms with van der Waals surface area (Å²) in [5.41, 5.74) is 0.837. The molecule has 1 amide bonds. The van der Waals surface area contributed by atoms with Crippen molar-refractivity contribution in [2.45, 2.75) is 0 Å². The molecule has 0 saturated carbocycles. The van der Waals surface area contributed by atoms with Gasteiger partial charge in [-0.1, -0.05) is 33.3 Å². The van der Waals surface area contributed by atoms with Crippen LogP contribution in [0.25, 0.3) is 10.2 Å². The standard InChI is InChI=1S/C18H14BrF2N3OS/c19-12-3-1-2-11(8-12)17(25)23-4-6-24(7-5-23)18-22-16-14(21)9-13(20)10-15(16)26-18/h1-3,8-10H,4-7H2. The second-order valence-electron chi connectivity index (χ2n) is 6.02. The van der Waals surface area contributed by atoms with Crippen LogP contribution in [0.4, 0.5) is 13.9 Å². The Morgan fingerprint density at radius 1 is 1.12 bits per heavy atom. The fraction of sp³-hybridized carbons (Fsp3) is 0.222. The molecule has 2 aromatic carbocycles. The van der Waals surface area contributed by atoms with Crippen LogP contribution in [0.2, 0.25) is 0 Å². The van der Waals surface area contributed by atoms with E-state index in [9.17, 15) is 13.6 Å². The van der Waals surface area contributed by atoms with Gasteiger partial charge in [0.1, 0.15) is 11.3 Å². The molecule has 0 radical (unpaired) electrons. The molecular formula is C18H14BrF2N3OS. The lowest BCUT2D eigenvalue weighted by Gasteiger charge is -2.34. The summed E-state index contributed by atoms with van der Waals surface area (Å²) < 4.78 is 28.6. The summed E-state index contributed by atoms with van der Waals surface area (Å²) in [7, 11) is 0. The number of carbonyl (C=O) groups is 1. The first-order valence-electron chi connectivity index (χ1n) is 8.06. The lowest BCUT2D eigenvalue weighted by atomic mass is 10.2. The highest BCUT2D eigenvalue weighted by molar-refractivity contribution is 9.10. The van der Waals surface area contributed by atoms with Gasteiger partial charge in [0, 0.05) is 42.3 Å². The van der Waals surface area contributed by atoms with Crippen LogP contribution in [0.15, 0.2) is 40.9 Å². The van der Waals surface area contributed by atoms with Crippen molar-refractivity contribution in [1.82, 2.24) is 9.88 Å². The number of carbonyl (C=O) groups excluding carboxylic acids is 1. The highest BCUT2D eigenvalue weighted by Crippen LogP contribution is 2.31. The lowest BCUT2D eigenvalue weighted by Crippen LogP contribution is -2.48. The van der Waals surface area contributed by atoms with Gasteiger partial charge in [0.05, 0.1) is 4.70 Å². The first-order chi connectivity index (χ1) is 12.5. The SMILES string of the molecule is O=C(c1cccc(Br)c1)N1CCN(c2nc3c(F)cc(F)cc3s2)CC1. The lowest BCUT2D eigenvalue weighted by molar-refractivity contribution is 0.0746. The third-order valence-corrected chi connectivity index (χ3v) is 5.87. The maximum Gasteiger partial charge on any atom is 0.254 e. The van der Waals surface area contributed by atoms with E-state index in [1.165, 1.54) is 17.4 Å². The van der Waals surface area contributed by atoms with Gasteiger partial charge in [-0.15, -0.1) is 0 Å². The Morgan fingerprint density at radius 3 is 2.62 bits per heavy atom. The van der Waals surface area contributed by atoms with E-state index in [2.05, 4.69) is 20.9 Å². The number of hydrogen-bond donors (Lipinski definition) is 0. The molecule has 1 aromatic heterocycles. The van der Waals surface area contributed by atoms with E-state index in [0.717, 1.165) is 10.5 Å². The van der Waals surface area contributed by atoms with E-state index >= 15 is 0 Å². The summed E-state index contributed by atoms with van der Waals surface area (Å²) in [6.45, 7) is 2.31. The van der Waals surface area contributed by atoms with Crippen molar-refractivity contribution in [2.75, 3.05) is 31.1 Å². The topological polar surface area (TPSA) is 36.4 Å². The minimum absolute atomic E-state index is 0.0108. The quantitative estimate of drug-likeness (QED) is 0.599. The Labute approximate surface area is 161 Å². The van der Waals surface area contributed by atoms with Crippen LogP contribution < -0.4 is 4.90 Å². The first kappa shape index (κ1) is 17.4. The monoisotopic (exact) mass is 437 g/mol. The molecule has 1 saturated heterocycles. The van der Waals surface area contributed by atoms with Crippen LogP contribution in [-0.4, -0.2) is 42.0 Å². The molecule has 134 valence electrons. The van der Waals surface area contributed by atoms with Gasteiger partial charge in [0.15, 0.2) is 10.9 Å². The molecule has 0 aliphatic carbocycles. The van der Waals surface area contributed by atoms with Gasteiger partial charge in [-0.3, -0.25) is 4.79 Å². The van der Waals surface area contributed by atoms with E-state index in [-0.39, 0.29) is 11.4 Å². The minimum Gasteiger partial charge on any atom is -0.345 e. The number of piperazine rings is 1. The van der Waals surface area contributed by atoms with Crippen molar-refractivity contribution in [2.24, 2.45) is 0 Å². The van der Waals surface area contributed by atoms with Gasteiger partial charge in [-0.2, -0.15) is 0 Å². The molecule has 0 atom stereocenters. The molecule has 3 aromatic rings. The van der Waals surface area contributed by atoms with Gasteiger partial charge >= 0.3 is 0 Å². The van der Waals surface area contributed by atoms with Crippen molar-refractivity contribution < 1.29 is 13.6 Å². The van der Waals surface area contributed by atoms with E-state index in [1.54, 1.807) is 17.0 Å². The summed E-state index contributed by atoms with van der Waals surface area (Å²) >= 11 is 4.64. The van der Waals surface area contributed by atoms with Crippen LogP contribution >= 0.6 is 27.3 Å². The molecule has 4 rings (SSSR count). The number of rotatable bonds is 2. The second-order valence-corrected chi connectivity index (χ2v) is 7.95. The zero-order chi connectivity index (χ0) is 18.3. The fourth-order valence-corrected chi connectivity index (χ4v) is 4.44. The third kappa shape index (κ3) is 3.31. The van der Waals surface area contributed by atoms with Crippen LogP contribution in [0.5, 0.6) is 0 Å². The molecule has 0 unspecified atom stereocenters. The van der Waals surface area contributed by atoms with Gasteiger partial charge in [0.2, 0.25) is 0 Å². The van der Waals surface area contributed by atoms with Gasteiger partial charge in [-0.25, -0.2) is 13.8 Å². The largest absolute Gasteiger partial charge is 0.345 e. The maximum atomic E-state index is 13.8. The number of thiazole rings is 1. The Morgan fingerprint density at radius 2 is 1.88 bits per heavy atom. The highest BCUT2D eigenvalue weighted by atomic mass is 79.9. The molecular weight excluding hydrogens is 424 g/mol. The Bertz CT molecular complexity index is 986. The molecule has 0 spiro atoms. The van der Waals surface area contributed by atoms with Crippen LogP contribution in [0.3, 0.4) is 0 Å².